The first kappa shape index (κ1) is 16.3. The van der Waals surface area contributed by atoms with E-state index < -0.39 is 27.2 Å². The molecule has 5 nitrogen and oxygen atoms in total. The van der Waals surface area contributed by atoms with Crippen molar-refractivity contribution >= 4 is 37.6 Å². The predicted molar refractivity (Wildman–Crippen MR) is 84.6 cm³/mol. The third kappa shape index (κ3) is 3.40. The van der Waals surface area contributed by atoms with Gasteiger partial charge in [-0.15, -0.1) is 0 Å². The fourth-order valence-electron chi connectivity index (χ4n) is 2.67. The zero-order chi connectivity index (χ0) is 15.6. The van der Waals surface area contributed by atoms with Crippen molar-refractivity contribution < 1.29 is 17.9 Å². The van der Waals surface area contributed by atoms with Crippen molar-refractivity contribution in [2.24, 2.45) is 5.92 Å². The van der Waals surface area contributed by atoms with Crippen molar-refractivity contribution in [2.45, 2.75) is 31.4 Å². The van der Waals surface area contributed by atoms with Crippen LogP contribution in [-0.4, -0.2) is 26.7 Å². The molecule has 116 valence electrons. The van der Waals surface area contributed by atoms with E-state index in [4.69, 9.17) is 4.74 Å². The third-order valence-electron chi connectivity index (χ3n) is 3.80. The number of nitrogens with one attached hydrogen (secondary N) is 1. The van der Waals surface area contributed by atoms with Crippen LogP contribution in [0, 0.1) is 12.8 Å². The molecule has 1 aliphatic carbocycles. The van der Waals surface area contributed by atoms with Gasteiger partial charge in [0.05, 0.1) is 24.0 Å². The highest BCUT2D eigenvalue weighted by Crippen LogP contribution is 2.34. The number of sulfonamides is 1. The molecule has 2 atom stereocenters. The molecule has 0 amide bonds. The molecule has 0 spiro atoms. The van der Waals surface area contributed by atoms with Crippen LogP contribution in [0.4, 0.5) is 5.69 Å². The van der Waals surface area contributed by atoms with Gasteiger partial charge in [0.1, 0.15) is 0 Å². The van der Waals surface area contributed by atoms with Gasteiger partial charge >= 0.3 is 5.97 Å². The predicted octanol–water partition coefficient (Wildman–Crippen LogP) is 2.84. The Morgan fingerprint density at radius 3 is 2.76 bits per heavy atom. The number of benzene rings is 1. The summed E-state index contributed by atoms with van der Waals surface area (Å²) in [5.74, 6) is -1.04. The molecule has 2 rings (SSSR count). The monoisotopic (exact) mass is 375 g/mol. The Balaban J connectivity index is 2.26. The van der Waals surface area contributed by atoms with Crippen LogP contribution in [-0.2, 0) is 19.6 Å². The first-order valence-corrected chi connectivity index (χ1v) is 9.05. The van der Waals surface area contributed by atoms with E-state index in [9.17, 15) is 13.2 Å². The summed E-state index contributed by atoms with van der Waals surface area (Å²) in [4.78, 5) is 11.7. The van der Waals surface area contributed by atoms with E-state index in [1.165, 1.54) is 7.11 Å². The van der Waals surface area contributed by atoms with Gasteiger partial charge in [-0.25, -0.2) is 8.42 Å². The number of anilines is 1. The largest absolute Gasteiger partial charge is 0.469 e. The van der Waals surface area contributed by atoms with Crippen molar-refractivity contribution in [1.29, 1.82) is 0 Å². The summed E-state index contributed by atoms with van der Waals surface area (Å²) in [6.07, 6.45) is 1.73. The van der Waals surface area contributed by atoms with Crippen LogP contribution in [0.2, 0.25) is 0 Å². The van der Waals surface area contributed by atoms with E-state index in [2.05, 4.69) is 20.7 Å². The van der Waals surface area contributed by atoms with Crippen LogP contribution in [0.1, 0.15) is 24.8 Å². The van der Waals surface area contributed by atoms with Crippen LogP contribution >= 0.6 is 15.9 Å². The SMILES string of the molecule is COC(=O)C1CCCC1S(=O)(=O)Nc1cccc(C)c1Br. The third-order valence-corrected chi connectivity index (χ3v) is 6.72. The van der Waals surface area contributed by atoms with Crippen LogP contribution in [0.15, 0.2) is 22.7 Å². The Kier molecular flexibility index (Phi) is 4.93. The van der Waals surface area contributed by atoms with E-state index in [0.717, 1.165) is 5.56 Å². The Labute approximate surface area is 133 Å². The van der Waals surface area contributed by atoms with Gasteiger partial charge in [-0.3, -0.25) is 9.52 Å². The summed E-state index contributed by atoms with van der Waals surface area (Å²) in [6, 6.07) is 5.36. The molecule has 0 aromatic heterocycles. The number of hydrogen-bond acceptors (Lipinski definition) is 4. The number of rotatable bonds is 4. The lowest BCUT2D eigenvalue weighted by molar-refractivity contribution is -0.145. The normalized spacial score (nSPS) is 22.0. The number of ether oxygens (including phenoxy) is 1. The van der Waals surface area contributed by atoms with Crippen molar-refractivity contribution in [1.82, 2.24) is 0 Å². The highest BCUT2D eigenvalue weighted by atomic mass is 79.9. The van der Waals surface area contributed by atoms with Gasteiger partial charge < -0.3 is 4.74 Å². The average molecular weight is 376 g/mol. The van der Waals surface area contributed by atoms with E-state index in [1.54, 1.807) is 12.1 Å². The van der Waals surface area contributed by atoms with Gasteiger partial charge in [-0.05, 0) is 47.3 Å². The summed E-state index contributed by atoms with van der Waals surface area (Å²) in [7, 11) is -2.35. The zero-order valence-electron chi connectivity index (χ0n) is 11.9. The molecule has 1 aromatic rings. The fraction of sp³-hybridized carbons (Fsp3) is 0.500. The highest BCUT2D eigenvalue weighted by molar-refractivity contribution is 9.10. The summed E-state index contributed by atoms with van der Waals surface area (Å²) in [6.45, 7) is 1.88. The Bertz CT molecular complexity index is 644. The van der Waals surface area contributed by atoms with Gasteiger partial charge in [-0.1, -0.05) is 18.6 Å². The van der Waals surface area contributed by atoms with Gasteiger partial charge in [0.25, 0.3) is 0 Å². The molecule has 0 aliphatic heterocycles. The molecular weight excluding hydrogens is 358 g/mol. The van der Waals surface area contributed by atoms with Crippen LogP contribution < -0.4 is 4.72 Å². The lowest BCUT2D eigenvalue weighted by Gasteiger charge is -2.20. The van der Waals surface area contributed by atoms with Gasteiger partial charge in [-0.2, -0.15) is 0 Å². The smallest absolute Gasteiger partial charge is 0.310 e. The number of esters is 1. The van der Waals surface area contributed by atoms with E-state index >= 15 is 0 Å². The van der Waals surface area contributed by atoms with Crippen LogP contribution in [0.25, 0.3) is 0 Å². The Morgan fingerprint density at radius 2 is 2.10 bits per heavy atom. The molecule has 0 bridgehead atoms. The summed E-state index contributed by atoms with van der Waals surface area (Å²) in [5.41, 5.74) is 1.43. The molecule has 21 heavy (non-hydrogen) atoms. The number of methoxy groups -OCH3 is 1. The van der Waals surface area contributed by atoms with Crippen molar-refractivity contribution in [3.05, 3.63) is 28.2 Å². The minimum absolute atomic E-state index is 0.453. The number of carbonyl (C=O) groups is 1. The first-order chi connectivity index (χ1) is 9.86. The van der Waals surface area contributed by atoms with Crippen LogP contribution in [0.3, 0.4) is 0 Å². The Hall–Kier alpha value is -1.08. The van der Waals surface area contributed by atoms with Crippen molar-refractivity contribution in [2.75, 3.05) is 11.8 Å². The standard InChI is InChI=1S/C14H18BrNO4S/c1-9-5-3-7-11(13(9)15)16-21(18,19)12-8-4-6-10(12)14(17)20-2/h3,5,7,10,12,16H,4,6,8H2,1-2H3. The second kappa shape index (κ2) is 6.36. The second-order valence-electron chi connectivity index (χ2n) is 5.18. The topological polar surface area (TPSA) is 72.5 Å². The second-order valence-corrected chi connectivity index (χ2v) is 7.88. The maximum Gasteiger partial charge on any atom is 0.310 e. The summed E-state index contributed by atoms with van der Waals surface area (Å²) < 4.78 is 33.1. The number of carbonyl (C=O) groups excluding carboxylic acids is 1. The fourth-order valence-corrected chi connectivity index (χ4v) is 4.95. The average Bonchev–Trinajstić information content (AvgIpc) is 2.93. The van der Waals surface area contributed by atoms with E-state index in [0.29, 0.717) is 29.4 Å². The minimum atomic E-state index is -3.64. The van der Waals surface area contributed by atoms with Crippen molar-refractivity contribution in [3.63, 3.8) is 0 Å². The molecule has 1 aromatic carbocycles. The quantitative estimate of drug-likeness (QED) is 0.821. The molecule has 1 saturated carbocycles. The molecular formula is C14H18BrNO4S. The minimum Gasteiger partial charge on any atom is -0.469 e. The summed E-state index contributed by atoms with van der Waals surface area (Å²) in [5, 5.41) is -0.739. The van der Waals surface area contributed by atoms with Crippen LogP contribution in [0.5, 0.6) is 0 Å². The van der Waals surface area contributed by atoms with Gasteiger partial charge in [0.2, 0.25) is 10.0 Å². The molecule has 1 N–H and O–H groups in total. The van der Waals surface area contributed by atoms with Gasteiger partial charge in [0, 0.05) is 4.47 Å². The number of hydrogen-bond donors (Lipinski definition) is 1. The maximum atomic E-state index is 12.6. The molecule has 7 heteroatoms. The number of halogens is 1. The van der Waals surface area contributed by atoms with Crippen molar-refractivity contribution in [3.8, 4) is 0 Å². The Morgan fingerprint density at radius 1 is 1.38 bits per heavy atom. The highest BCUT2D eigenvalue weighted by Gasteiger charge is 2.42. The molecule has 0 heterocycles. The van der Waals surface area contributed by atoms with Gasteiger partial charge in [0.15, 0.2) is 0 Å². The van der Waals surface area contributed by atoms with E-state index in [1.807, 2.05) is 13.0 Å². The summed E-state index contributed by atoms with van der Waals surface area (Å²) >= 11 is 3.38. The van der Waals surface area contributed by atoms with E-state index in [-0.39, 0.29) is 0 Å². The molecule has 1 aliphatic rings. The maximum absolute atomic E-state index is 12.6. The number of aryl methyl sites for hydroxylation is 1. The lowest BCUT2D eigenvalue weighted by atomic mass is 10.1. The molecule has 1 fully saturated rings. The lowest BCUT2D eigenvalue weighted by Crippen LogP contribution is -2.35. The molecule has 2 unspecified atom stereocenters. The first-order valence-electron chi connectivity index (χ1n) is 6.71. The zero-order valence-corrected chi connectivity index (χ0v) is 14.3. The molecule has 0 radical (unpaired) electrons. The molecule has 0 saturated heterocycles.